The van der Waals surface area contributed by atoms with Crippen molar-refractivity contribution in [3.8, 4) is 0 Å². The van der Waals surface area contributed by atoms with E-state index in [1.54, 1.807) is 21.7 Å². The quantitative estimate of drug-likeness (QED) is 0.820. The molecule has 128 valence electrons. The lowest BCUT2D eigenvalue weighted by molar-refractivity contribution is 0.183. The molecule has 1 aliphatic heterocycles. The molecule has 4 nitrogen and oxygen atoms in total. The van der Waals surface area contributed by atoms with Gasteiger partial charge in [0, 0.05) is 38.1 Å². The molecule has 1 aromatic carbocycles. The summed E-state index contributed by atoms with van der Waals surface area (Å²) >= 11 is 1.70. The van der Waals surface area contributed by atoms with E-state index in [1.807, 2.05) is 31.2 Å². The molecule has 0 unspecified atom stereocenters. The van der Waals surface area contributed by atoms with Gasteiger partial charge in [-0.1, -0.05) is 29.8 Å². The molecular weight excluding hydrogens is 340 g/mol. The molecule has 6 heteroatoms. The van der Waals surface area contributed by atoms with E-state index < -0.39 is 10.0 Å². The van der Waals surface area contributed by atoms with E-state index in [0.717, 1.165) is 30.8 Å². The number of rotatable bonds is 5. The molecule has 1 fully saturated rings. The van der Waals surface area contributed by atoms with E-state index in [2.05, 4.69) is 21.7 Å². The van der Waals surface area contributed by atoms with Crippen LogP contribution in [0.4, 0.5) is 0 Å². The monoisotopic (exact) mass is 362 g/mol. The molecule has 0 bridgehead atoms. The number of piperazine rings is 1. The molecule has 0 aliphatic carbocycles. The van der Waals surface area contributed by atoms with Crippen LogP contribution in [0.3, 0.4) is 0 Å². The summed E-state index contributed by atoms with van der Waals surface area (Å²) < 4.78 is 26.5. The van der Waals surface area contributed by atoms with Crippen molar-refractivity contribution in [1.82, 2.24) is 9.21 Å². The average Bonchev–Trinajstić information content (AvgIpc) is 3.08. The summed E-state index contributed by atoms with van der Waals surface area (Å²) in [6, 6.07) is 9.95. The van der Waals surface area contributed by atoms with Gasteiger partial charge in [-0.2, -0.15) is 15.6 Å². The Bertz CT molecular complexity index is 773. The first kappa shape index (κ1) is 17.4. The van der Waals surface area contributed by atoms with Crippen LogP contribution < -0.4 is 0 Å². The first-order valence-corrected chi connectivity index (χ1v) is 10.5. The van der Waals surface area contributed by atoms with Gasteiger partial charge in [0.15, 0.2) is 0 Å². The van der Waals surface area contributed by atoms with E-state index in [9.17, 15) is 8.42 Å². The zero-order valence-corrected chi connectivity index (χ0v) is 15.4. The number of thiophene rings is 1. The van der Waals surface area contributed by atoms with Crippen LogP contribution >= 0.6 is 11.3 Å². The van der Waals surface area contributed by atoms with Crippen LogP contribution in [0.15, 0.2) is 46.5 Å². The average molecular weight is 363 g/mol. The zero-order valence-electron chi connectivity index (χ0n) is 13.8. The Hall–Kier alpha value is -1.47. The standard InChI is InChI=1S/C18H22N2O2S2/c1-16-2-4-17(5-3-16)7-13-24(21,22)20-10-8-19(9-11-20)14-18-6-12-23-15-18/h2-7,12-13,15H,8-11,14H2,1H3. The SMILES string of the molecule is Cc1ccc(C=CS(=O)(=O)N2CCN(Cc3ccsc3)CC2)cc1. The fraction of sp³-hybridized carbons (Fsp3) is 0.333. The summed E-state index contributed by atoms with van der Waals surface area (Å²) in [5, 5.41) is 5.55. The number of aryl methyl sites for hydroxylation is 1. The molecule has 2 aromatic rings. The molecule has 0 radical (unpaired) electrons. The van der Waals surface area contributed by atoms with E-state index >= 15 is 0 Å². The fourth-order valence-electron chi connectivity index (χ4n) is 2.71. The summed E-state index contributed by atoms with van der Waals surface area (Å²) in [6.45, 7) is 5.55. The maximum atomic E-state index is 12.5. The van der Waals surface area contributed by atoms with Crippen molar-refractivity contribution in [3.05, 3.63) is 63.2 Å². The molecule has 3 rings (SSSR count). The molecule has 0 spiro atoms. The van der Waals surface area contributed by atoms with Gasteiger partial charge in [0.1, 0.15) is 0 Å². The van der Waals surface area contributed by atoms with Gasteiger partial charge in [0.05, 0.1) is 0 Å². The number of nitrogens with zero attached hydrogens (tertiary/aromatic N) is 2. The molecule has 1 aromatic heterocycles. The van der Waals surface area contributed by atoms with Crippen molar-refractivity contribution in [3.63, 3.8) is 0 Å². The third-order valence-corrected chi connectivity index (χ3v) is 6.48. The zero-order chi connectivity index (χ0) is 17.0. The highest BCUT2D eigenvalue weighted by molar-refractivity contribution is 7.92. The minimum atomic E-state index is -3.35. The third kappa shape index (κ3) is 4.54. The first-order valence-electron chi connectivity index (χ1n) is 8.01. The van der Waals surface area contributed by atoms with Gasteiger partial charge in [0.2, 0.25) is 10.0 Å². The maximum Gasteiger partial charge on any atom is 0.236 e. The predicted molar refractivity (Wildman–Crippen MR) is 100 cm³/mol. The van der Waals surface area contributed by atoms with Gasteiger partial charge < -0.3 is 0 Å². The minimum absolute atomic E-state index is 0.546. The number of benzene rings is 1. The summed E-state index contributed by atoms with van der Waals surface area (Å²) in [4.78, 5) is 2.30. The minimum Gasteiger partial charge on any atom is -0.296 e. The van der Waals surface area contributed by atoms with Crippen molar-refractivity contribution < 1.29 is 8.42 Å². The lowest BCUT2D eigenvalue weighted by atomic mass is 10.2. The van der Waals surface area contributed by atoms with Crippen molar-refractivity contribution in [2.45, 2.75) is 13.5 Å². The van der Waals surface area contributed by atoms with Gasteiger partial charge in [-0.3, -0.25) is 4.90 Å². The molecule has 0 atom stereocenters. The Morgan fingerprint density at radius 2 is 1.79 bits per heavy atom. The van der Waals surface area contributed by atoms with Gasteiger partial charge in [0.25, 0.3) is 0 Å². The highest BCUT2D eigenvalue weighted by Crippen LogP contribution is 2.15. The molecule has 0 saturated carbocycles. The highest BCUT2D eigenvalue weighted by atomic mass is 32.2. The smallest absolute Gasteiger partial charge is 0.236 e. The Labute approximate surface area is 148 Å². The molecule has 1 saturated heterocycles. The number of hydrogen-bond donors (Lipinski definition) is 0. The van der Waals surface area contributed by atoms with Gasteiger partial charge in [-0.15, -0.1) is 0 Å². The summed E-state index contributed by atoms with van der Waals surface area (Å²) in [5.74, 6) is 0. The maximum absolute atomic E-state index is 12.5. The van der Waals surface area contributed by atoms with Crippen LogP contribution in [0.5, 0.6) is 0 Å². The topological polar surface area (TPSA) is 40.6 Å². The van der Waals surface area contributed by atoms with Crippen LogP contribution in [0.25, 0.3) is 6.08 Å². The number of hydrogen-bond acceptors (Lipinski definition) is 4. The lowest BCUT2D eigenvalue weighted by Crippen LogP contribution is -2.47. The third-order valence-electron chi connectivity index (χ3n) is 4.19. The molecule has 24 heavy (non-hydrogen) atoms. The molecule has 2 heterocycles. The van der Waals surface area contributed by atoms with E-state index in [-0.39, 0.29) is 0 Å². The first-order chi connectivity index (χ1) is 11.5. The van der Waals surface area contributed by atoms with E-state index in [1.165, 1.54) is 11.0 Å². The van der Waals surface area contributed by atoms with Crippen LogP contribution in [-0.4, -0.2) is 43.8 Å². The number of sulfonamides is 1. The van der Waals surface area contributed by atoms with E-state index in [0.29, 0.717) is 13.1 Å². The van der Waals surface area contributed by atoms with Crippen molar-refractivity contribution in [1.29, 1.82) is 0 Å². The summed E-state index contributed by atoms with van der Waals surface area (Å²) in [5.41, 5.74) is 3.37. The van der Waals surface area contributed by atoms with Crippen LogP contribution in [0.1, 0.15) is 16.7 Å². The Kier molecular flexibility index (Phi) is 5.50. The van der Waals surface area contributed by atoms with Crippen molar-refractivity contribution in [2.24, 2.45) is 0 Å². The van der Waals surface area contributed by atoms with Gasteiger partial charge in [-0.25, -0.2) is 8.42 Å². The van der Waals surface area contributed by atoms with Crippen LogP contribution in [0.2, 0.25) is 0 Å². The van der Waals surface area contributed by atoms with Crippen LogP contribution in [0, 0.1) is 6.92 Å². The normalized spacial score (nSPS) is 17.5. The van der Waals surface area contributed by atoms with E-state index in [4.69, 9.17) is 0 Å². The second-order valence-corrected chi connectivity index (χ2v) is 8.66. The Balaban J connectivity index is 1.57. The molecule has 0 amide bonds. The van der Waals surface area contributed by atoms with Crippen molar-refractivity contribution in [2.75, 3.05) is 26.2 Å². The molecule has 0 N–H and O–H groups in total. The largest absolute Gasteiger partial charge is 0.296 e. The predicted octanol–water partition coefficient (Wildman–Crippen LogP) is 3.17. The second kappa shape index (κ2) is 7.61. The van der Waals surface area contributed by atoms with Crippen LogP contribution in [-0.2, 0) is 16.6 Å². The molecule has 1 aliphatic rings. The van der Waals surface area contributed by atoms with Gasteiger partial charge >= 0.3 is 0 Å². The lowest BCUT2D eigenvalue weighted by Gasteiger charge is -2.33. The highest BCUT2D eigenvalue weighted by Gasteiger charge is 2.24. The van der Waals surface area contributed by atoms with Gasteiger partial charge in [-0.05, 0) is 41.0 Å². The second-order valence-electron chi connectivity index (χ2n) is 6.07. The Morgan fingerprint density at radius 3 is 2.42 bits per heavy atom. The fourth-order valence-corrected chi connectivity index (χ4v) is 4.54. The summed E-state index contributed by atoms with van der Waals surface area (Å²) in [7, 11) is -3.35. The van der Waals surface area contributed by atoms with Crippen molar-refractivity contribution >= 4 is 27.4 Å². The Morgan fingerprint density at radius 1 is 1.08 bits per heavy atom. The summed E-state index contributed by atoms with van der Waals surface area (Å²) in [6.07, 6.45) is 1.67. The molecular formula is C18H22N2O2S2.